The molecule has 2 rings (SSSR count). The number of ether oxygens (including phenoxy) is 4. The van der Waals surface area contributed by atoms with Crippen LogP contribution in [0.3, 0.4) is 0 Å². The summed E-state index contributed by atoms with van der Waals surface area (Å²) in [6, 6.07) is 9.36. The van der Waals surface area contributed by atoms with Gasteiger partial charge in [0.2, 0.25) is 11.7 Å². The second kappa shape index (κ2) is 10.1. The van der Waals surface area contributed by atoms with Gasteiger partial charge in [0.15, 0.2) is 11.5 Å². The molecule has 0 aliphatic rings. The Labute approximate surface area is 165 Å². The quantitative estimate of drug-likeness (QED) is 0.411. The van der Waals surface area contributed by atoms with Crippen LogP contribution in [-0.4, -0.2) is 40.1 Å². The van der Waals surface area contributed by atoms with Gasteiger partial charge in [0.25, 0.3) is 0 Å². The van der Waals surface area contributed by atoms with Gasteiger partial charge in [-0.15, -0.1) is 0 Å². The van der Waals surface area contributed by atoms with E-state index in [1.807, 2.05) is 32.0 Å². The van der Waals surface area contributed by atoms with Crippen LogP contribution in [0.5, 0.6) is 23.0 Å². The first-order valence-corrected chi connectivity index (χ1v) is 8.60. The Morgan fingerprint density at radius 3 is 2.14 bits per heavy atom. The molecular weight excluding hydrogens is 360 g/mol. The van der Waals surface area contributed by atoms with Crippen molar-refractivity contribution >= 4 is 17.9 Å². The number of benzene rings is 2. The lowest BCUT2D eigenvalue weighted by Crippen LogP contribution is -2.27. The van der Waals surface area contributed by atoms with Crippen molar-refractivity contribution in [3.05, 3.63) is 41.5 Å². The van der Waals surface area contributed by atoms with E-state index in [2.05, 4.69) is 15.5 Å². The lowest BCUT2D eigenvalue weighted by Gasteiger charge is -2.12. The van der Waals surface area contributed by atoms with Gasteiger partial charge >= 0.3 is 0 Å². The molecule has 0 atom stereocenters. The van der Waals surface area contributed by atoms with E-state index < -0.39 is 0 Å². The van der Waals surface area contributed by atoms with Gasteiger partial charge in [0.05, 0.1) is 33.2 Å². The zero-order valence-corrected chi connectivity index (χ0v) is 16.8. The standard InChI is InChI=1S/C20H26N4O4/c1-13-7-6-8-14(2)18(13)28-10-9-22-24-20(21)23-15-11-16(25-3)19(27-5)17(12-15)26-4/h6-9,11-12H,10H2,1-5H3,(H3,21,23,24)/b22-9-. The van der Waals surface area contributed by atoms with E-state index in [0.717, 1.165) is 16.9 Å². The van der Waals surface area contributed by atoms with Crippen LogP contribution in [0.25, 0.3) is 0 Å². The molecule has 8 nitrogen and oxygen atoms in total. The highest BCUT2D eigenvalue weighted by Crippen LogP contribution is 2.40. The predicted octanol–water partition coefficient (Wildman–Crippen LogP) is 2.93. The van der Waals surface area contributed by atoms with Gasteiger partial charge in [0, 0.05) is 12.1 Å². The third-order valence-corrected chi connectivity index (χ3v) is 3.88. The van der Waals surface area contributed by atoms with Crippen LogP contribution in [0.2, 0.25) is 0 Å². The summed E-state index contributed by atoms with van der Waals surface area (Å²) in [4.78, 5) is 4.25. The van der Waals surface area contributed by atoms with Crippen LogP contribution in [0.15, 0.2) is 40.4 Å². The van der Waals surface area contributed by atoms with Crippen molar-refractivity contribution in [2.45, 2.75) is 13.8 Å². The number of rotatable bonds is 8. The summed E-state index contributed by atoms with van der Waals surface area (Å²) in [5, 5.41) is 4.02. The first-order valence-electron chi connectivity index (χ1n) is 8.60. The monoisotopic (exact) mass is 386 g/mol. The molecule has 0 aliphatic carbocycles. The van der Waals surface area contributed by atoms with E-state index in [-0.39, 0.29) is 5.96 Å². The average molecular weight is 386 g/mol. The summed E-state index contributed by atoms with van der Waals surface area (Å²) in [5.41, 5.74) is 11.2. The molecule has 150 valence electrons. The normalized spacial score (nSPS) is 11.4. The Hall–Kier alpha value is -3.42. The maximum Gasteiger partial charge on any atom is 0.214 e. The zero-order valence-electron chi connectivity index (χ0n) is 16.8. The van der Waals surface area contributed by atoms with Crippen molar-refractivity contribution in [3.8, 4) is 23.0 Å². The average Bonchev–Trinajstić information content (AvgIpc) is 2.68. The van der Waals surface area contributed by atoms with Crippen molar-refractivity contribution in [2.24, 2.45) is 15.8 Å². The van der Waals surface area contributed by atoms with Crippen LogP contribution in [0.1, 0.15) is 11.1 Å². The Morgan fingerprint density at radius 1 is 1.00 bits per heavy atom. The van der Waals surface area contributed by atoms with Crippen LogP contribution in [-0.2, 0) is 0 Å². The second-order valence-corrected chi connectivity index (χ2v) is 5.84. The highest BCUT2D eigenvalue weighted by Gasteiger charge is 2.13. The molecule has 2 aromatic carbocycles. The summed E-state index contributed by atoms with van der Waals surface area (Å²) < 4.78 is 21.6. The number of hydrogen-bond acceptors (Lipinski definition) is 6. The molecule has 0 bridgehead atoms. The summed E-state index contributed by atoms with van der Waals surface area (Å²) in [6.07, 6.45) is 1.57. The van der Waals surface area contributed by atoms with Crippen molar-refractivity contribution in [1.82, 2.24) is 5.43 Å². The third-order valence-electron chi connectivity index (χ3n) is 3.88. The minimum Gasteiger partial charge on any atom is -0.493 e. The van der Waals surface area contributed by atoms with E-state index in [1.54, 1.807) is 18.3 Å². The number of hydrazone groups is 1. The number of guanidine groups is 1. The van der Waals surface area contributed by atoms with Crippen LogP contribution >= 0.6 is 0 Å². The Bertz CT molecular complexity index is 820. The second-order valence-electron chi connectivity index (χ2n) is 5.84. The number of aryl methyl sites for hydroxylation is 2. The minimum absolute atomic E-state index is 0.109. The topological polar surface area (TPSA) is 99.7 Å². The van der Waals surface area contributed by atoms with Crippen molar-refractivity contribution in [3.63, 3.8) is 0 Å². The van der Waals surface area contributed by atoms with E-state index >= 15 is 0 Å². The Balaban J connectivity index is 2.00. The predicted molar refractivity (Wildman–Crippen MR) is 110 cm³/mol. The number of nitrogens with zero attached hydrogens (tertiary/aromatic N) is 2. The van der Waals surface area contributed by atoms with Gasteiger partial charge in [-0.3, -0.25) is 0 Å². The molecular formula is C20H26N4O4. The SMILES string of the molecule is COc1cc(N=C(N)N/N=C\COc2c(C)cccc2C)cc(OC)c1OC. The van der Waals surface area contributed by atoms with Gasteiger partial charge in [0.1, 0.15) is 12.4 Å². The molecule has 0 unspecified atom stereocenters. The number of hydrogen-bond donors (Lipinski definition) is 2. The molecule has 28 heavy (non-hydrogen) atoms. The maximum atomic E-state index is 5.87. The number of nitrogens with two attached hydrogens (primary N) is 1. The number of para-hydroxylation sites is 1. The van der Waals surface area contributed by atoms with Gasteiger partial charge in [-0.25, -0.2) is 10.4 Å². The lowest BCUT2D eigenvalue weighted by molar-refractivity contribution is 0.324. The van der Waals surface area contributed by atoms with Crippen LogP contribution < -0.4 is 30.1 Å². The van der Waals surface area contributed by atoms with E-state index in [1.165, 1.54) is 21.3 Å². The summed E-state index contributed by atoms with van der Waals surface area (Å²) in [5.74, 6) is 2.42. The molecule has 0 aromatic heterocycles. The molecule has 0 radical (unpaired) electrons. The fourth-order valence-electron chi connectivity index (χ4n) is 2.59. The molecule has 2 aromatic rings. The van der Waals surface area contributed by atoms with E-state index in [4.69, 9.17) is 24.7 Å². The first-order chi connectivity index (χ1) is 13.5. The van der Waals surface area contributed by atoms with Gasteiger partial charge < -0.3 is 24.7 Å². The highest BCUT2D eigenvalue weighted by molar-refractivity contribution is 5.82. The molecule has 0 spiro atoms. The highest BCUT2D eigenvalue weighted by atomic mass is 16.5. The van der Waals surface area contributed by atoms with Gasteiger partial charge in [-0.1, -0.05) is 18.2 Å². The van der Waals surface area contributed by atoms with Crippen molar-refractivity contribution in [2.75, 3.05) is 27.9 Å². The molecule has 0 saturated heterocycles. The van der Waals surface area contributed by atoms with Crippen LogP contribution in [0.4, 0.5) is 5.69 Å². The first kappa shape index (κ1) is 20.9. The van der Waals surface area contributed by atoms with Gasteiger partial charge in [-0.2, -0.15) is 5.10 Å². The van der Waals surface area contributed by atoms with Crippen molar-refractivity contribution in [1.29, 1.82) is 0 Å². The third kappa shape index (κ3) is 5.29. The maximum absolute atomic E-state index is 5.87. The molecule has 0 heterocycles. The molecule has 3 N–H and O–H groups in total. The number of nitrogens with one attached hydrogen (secondary N) is 1. The molecule has 0 amide bonds. The summed E-state index contributed by atoms with van der Waals surface area (Å²) >= 11 is 0. The smallest absolute Gasteiger partial charge is 0.214 e. The molecule has 0 aliphatic heterocycles. The fraction of sp³-hybridized carbons (Fsp3) is 0.300. The molecule has 0 saturated carbocycles. The fourth-order valence-corrected chi connectivity index (χ4v) is 2.59. The minimum atomic E-state index is 0.109. The Morgan fingerprint density at radius 2 is 1.61 bits per heavy atom. The summed E-state index contributed by atoms with van der Waals surface area (Å²) in [6.45, 7) is 4.30. The Kier molecular flexibility index (Phi) is 7.50. The zero-order chi connectivity index (χ0) is 20.5. The largest absolute Gasteiger partial charge is 0.493 e. The molecule has 8 heteroatoms. The number of methoxy groups -OCH3 is 3. The van der Waals surface area contributed by atoms with Crippen LogP contribution in [0, 0.1) is 13.8 Å². The summed E-state index contributed by atoms with van der Waals surface area (Å²) in [7, 11) is 4.61. The van der Waals surface area contributed by atoms with E-state index in [9.17, 15) is 0 Å². The molecule has 0 fully saturated rings. The van der Waals surface area contributed by atoms with E-state index in [0.29, 0.717) is 29.5 Å². The van der Waals surface area contributed by atoms with Crippen molar-refractivity contribution < 1.29 is 18.9 Å². The van der Waals surface area contributed by atoms with Gasteiger partial charge in [-0.05, 0) is 25.0 Å². The lowest BCUT2D eigenvalue weighted by atomic mass is 10.1. The number of aliphatic imine (C=N–C) groups is 1.